The fourth-order valence-corrected chi connectivity index (χ4v) is 19.3. The van der Waals surface area contributed by atoms with Gasteiger partial charge in [0.2, 0.25) is 37.7 Å². The van der Waals surface area contributed by atoms with Gasteiger partial charge in [-0.1, -0.05) is 60.8 Å². The van der Waals surface area contributed by atoms with Crippen LogP contribution in [0.3, 0.4) is 0 Å². The molecule has 10 aliphatic carbocycles. The van der Waals surface area contributed by atoms with Crippen molar-refractivity contribution in [3.63, 3.8) is 0 Å². The van der Waals surface area contributed by atoms with Crippen LogP contribution in [-0.2, 0) is 133 Å². The summed E-state index contributed by atoms with van der Waals surface area (Å²) in [4.78, 5) is 126. The van der Waals surface area contributed by atoms with Gasteiger partial charge in [0.15, 0.2) is 12.6 Å². The van der Waals surface area contributed by atoms with Crippen LogP contribution in [0.15, 0.2) is 60.8 Å². The van der Waals surface area contributed by atoms with Crippen LogP contribution in [0.1, 0.15) is 221 Å². The Kier molecular flexibility index (Phi) is 32.9. The van der Waals surface area contributed by atoms with Crippen LogP contribution in [0.5, 0.6) is 0 Å². The maximum atomic E-state index is 12.8. The molecule has 9 fully saturated rings. The first-order valence-corrected chi connectivity index (χ1v) is 43.7. The molecule has 14 aliphatic rings. The lowest BCUT2D eigenvalue weighted by molar-refractivity contribution is -0.211. The summed E-state index contributed by atoms with van der Waals surface area (Å²) < 4.78 is 98.3. The Morgan fingerprint density at radius 1 is 0.277 bits per heavy atom. The number of carbonyl (C=O) groups excluding carboxylic acids is 10. The molecule has 119 heavy (non-hydrogen) atoms. The van der Waals surface area contributed by atoms with Crippen LogP contribution in [0.4, 0.5) is 0 Å². The molecule has 28 nitrogen and oxygen atoms in total. The molecule has 0 aromatic rings. The number of fused-ring (bicyclic) bond motifs is 10. The van der Waals surface area contributed by atoms with Crippen LogP contribution in [0.2, 0.25) is 0 Å². The summed E-state index contributed by atoms with van der Waals surface area (Å²) in [7, 11) is 0. The first-order chi connectivity index (χ1) is 56.2. The molecule has 5 saturated carbocycles. The number of allylic oxidation sites excluding steroid dienone is 10. The minimum atomic E-state index is -0.680. The van der Waals surface area contributed by atoms with Gasteiger partial charge in [-0.2, -0.15) is 0 Å². The molecular formula is C91H134O28. The van der Waals surface area contributed by atoms with Gasteiger partial charge in [0.25, 0.3) is 0 Å². The predicted octanol–water partition coefficient (Wildman–Crippen LogP) is 13.6. The average molecular weight is 1680 g/mol. The van der Waals surface area contributed by atoms with E-state index >= 15 is 0 Å². The van der Waals surface area contributed by atoms with Gasteiger partial charge < -0.3 is 85.3 Å². The molecule has 0 N–H and O–H groups in total. The van der Waals surface area contributed by atoms with E-state index in [0.717, 1.165) is 96.3 Å². The molecule has 0 amide bonds. The van der Waals surface area contributed by atoms with Crippen molar-refractivity contribution < 1.29 is 133 Å². The Balaban J connectivity index is 0.000000157. The second kappa shape index (κ2) is 41.5. The Hall–Kier alpha value is -6.92. The number of hydrogen-bond acceptors (Lipinski definition) is 28. The van der Waals surface area contributed by atoms with E-state index in [4.69, 9.17) is 85.3 Å². The van der Waals surface area contributed by atoms with Crippen molar-refractivity contribution >= 4 is 59.7 Å². The smallest absolute Gasteiger partial charge is 0.312 e. The highest BCUT2D eigenvalue weighted by molar-refractivity contribution is 5.88. The molecule has 0 aromatic carbocycles. The fraction of sp³-hybridized carbons (Fsp3) is 0.780. The summed E-state index contributed by atoms with van der Waals surface area (Å²) in [5.74, 6) is -7.71. The molecule has 14 rings (SSSR count). The Morgan fingerprint density at radius 3 is 0.664 bits per heavy atom. The Morgan fingerprint density at radius 2 is 0.479 bits per heavy atom. The van der Waals surface area contributed by atoms with Gasteiger partial charge in [-0.05, 0) is 254 Å². The summed E-state index contributed by atoms with van der Waals surface area (Å²) in [6.07, 6.45) is 28.5. The minimum absolute atomic E-state index is 0.000673. The van der Waals surface area contributed by atoms with Crippen LogP contribution in [0, 0.1) is 118 Å². The predicted molar refractivity (Wildman–Crippen MR) is 427 cm³/mol. The second-order valence-electron chi connectivity index (χ2n) is 37.7. The van der Waals surface area contributed by atoms with E-state index in [0.29, 0.717) is 39.6 Å². The molecule has 0 aromatic heterocycles. The number of rotatable bonds is 24. The Bertz CT molecular complexity index is 3400. The molecule has 28 unspecified atom stereocenters. The number of carbonyl (C=O) groups is 10. The van der Waals surface area contributed by atoms with E-state index in [-0.39, 0.29) is 95.0 Å². The summed E-state index contributed by atoms with van der Waals surface area (Å²) >= 11 is 0. The van der Waals surface area contributed by atoms with Gasteiger partial charge in [0.05, 0.1) is 96.8 Å². The van der Waals surface area contributed by atoms with Gasteiger partial charge in [-0.25, -0.2) is 0 Å². The lowest BCUT2D eigenvalue weighted by Gasteiger charge is -2.30. The van der Waals surface area contributed by atoms with E-state index in [1.54, 1.807) is 27.7 Å². The van der Waals surface area contributed by atoms with Crippen LogP contribution in [0.25, 0.3) is 0 Å². The number of esters is 10. The maximum Gasteiger partial charge on any atom is 0.312 e. The van der Waals surface area contributed by atoms with Crippen LogP contribution >= 0.6 is 0 Å². The van der Waals surface area contributed by atoms with Crippen molar-refractivity contribution in [2.75, 3.05) is 39.6 Å². The summed E-state index contributed by atoms with van der Waals surface area (Å²) in [5, 5.41) is 0. The largest absolute Gasteiger partial charge is 0.460 e. The highest BCUT2D eigenvalue weighted by atomic mass is 16.7. The third-order valence-electron chi connectivity index (χ3n) is 23.8. The minimum Gasteiger partial charge on any atom is -0.460 e. The van der Waals surface area contributed by atoms with Crippen LogP contribution in [-0.4, -0.2) is 172 Å². The molecule has 4 aliphatic heterocycles. The molecule has 4 heterocycles. The Labute approximate surface area is 702 Å². The molecule has 10 bridgehead atoms. The molecule has 0 radical (unpaired) electrons. The van der Waals surface area contributed by atoms with Gasteiger partial charge in [0, 0.05) is 38.9 Å². The molecule has 666 valence electrons. The first-order valence-electron chi connectivity index (χ1n) is 43.7. The SMILES string of the molecule is CC(C)(C)OC(=O)C1C2C=CC(C2)C1C(=O)OC(C)(C)C.CC(OC(=O)C1C2C=CC(C2)C1C(=O)OC(C)OC(C)(C)C)OC(C)(C)C.CCOC(C)OC(=O)C1C2C=CC(C2)C1C(=O)OC(C)OCC.O=C(OC1CCCCO1)C1C2C=CC(C2)C1C(=O)OC1CCCCO1.O=C(OC1CCCO1)C1C2C=CC(C2)C1C(=O)OC1CCCO1. The zero-order chi connectivity index (χ0) is 86.6. The van der Waals surface area contributed by atoms with E-state index in [2.05, 4.69) is 0 Å². The standard InChI is InChI=1S/C21H34O6.C19H26O6.C17H22O6.C17H26O6.C17H26O4/c1-12(26-20(3,4)5)24-18(22)16-14-9-10-15(11-14)17(16)19(23)25-13(2)27-21(6,7)8;20-18(24-14-5-1-3-9-22-14)16-12-7-8-13(11-12)17(16)19(21)25-15-6-2-4-10-23-15;18-16(22-12-3-1-7-20-12)14-10-5-6-11(9-10)15(14)17(19)23-13-4-2-8-21-13;1-5-20-10(3)22-16(18)14-12-7-8-13(9-12)15(14)17(19)23-11(4)21-6-2;1-16(2,3)20-14(18)12-10-7-8-11(9-10)13(12)15(19)21-17(4,5)6/h9-10,12-17H,11H2,1-8H3;7-8,12-17H,1-6,9-11H2;5-6,10-15H,1-4,7-9H2;7-8,10-15H,5-6,9H2,1-4H3;7-8,10-13H,9H2,1-6H3. The lowest BCUT2D eigenvalue weighted by Crippen LogP contribution is -2.40. The summed E-state index contributed by atoms with van der Waals surface area (Å²) in [6, 6.07) is 0. The number of hydrogen-bond donors (Lipinski definition) is 0. The molecule has 28 atom stereocenters. The highest BCUT2D eigenvalue weighted by Crippen LogP contribution is 2.54. The van der Waals surface area contributed by atoms with Crippen molar-refractivity contribution in [2.24, 2.45) is 118 Å². The van der Waals surface area contributed by atoms with Crippen LogP contribution < -0.4 is 0 Å². The second-order valence-corrected chi connectivity index (χ2v) is 37.7. The third kappa shape index (κ3) is 25.9. The molecule has 28 heteroatoms. The van der Waals surface area contributed by atoms with E-state index < -0.39 is 156 Å². The van der Waals surface area contributed by atoms with Crippen molar-refractivity contribution in [1.29, 1.82) is 0 Å². The molecule has 4 saturated heterocycles. The van der Waals surface area contributed by atoms with E-state index in [1.165, 1.54) is 0 Å². The fourth-order valence-electron chi connectivity index (χ4n) is 19.3. The number of ether oxygens (including phenoxy) is 18. The van der Waals surface area contributed by atoms with Crippen molar-refractivity contribution in [1.82, 2.24) is 0 Å². The van der Waals surface area contributed by atoms with Gasteiger partial charge >= 0.3 is 59.7 Å². The monoisotopic (exact) mass is 1670 g/mol. The van der Waals surface area contributed by atoms with E-state index in [9.17, 15) is 47.9 Å². The zero-order valence-corrected chi connectivity index (χ0v) is 73.2. The van der Waals surface area contributed by atoms with Crippen molar-refractivity contribution in [3.05, 3.63) is 60.8 Å². The quantitative estimate of drug-likeness (QED) is 0.0375. The molecular weight excluding hydrogens is 1540 g/mol. The lowest BCUT2D eigenvalue weighted by atomic mass is 9.83. The van der Waals surface area contributed by atoms with E-state index in [1.807, 2.05) is 158 Å². The molecule has 0 spiro atoms. The van der Waals surface area contributed by atoms with Gasteiger partial charge in [-0.15, -0.1) is 0 Å². The van der Waals surface area contributed by atoms with Gasteiger partial charge in [0.1, 0.15) is 11.2 Å². The topological polar surface area (TPSA) is 337 Å². The van der Waals surface area contributed by atoms with Crippen molar-refractivity contribution in [2.45, 2.75) is 294 Å². The average Bonchev–Trinajstić information content (AvgIpc) is 1.64. The first kappa shape index (κ1) is 94.3. The maximum absolute atomic E-state index is 12.8. The zero-order valence-electron chi connectivity index (χ0n) is 73.2. The normalized spacial score (nSPS) is 34.6. The summed E-state index contributed by atoms with van der Waals surface area (Å²) in [5.41, 5.74) is -1.93. The van der Waals surface area contributed by atoms with Crippen molar-refractivity contribution in [3.8, 4) is 0 Å². The third-order valence-corrected chi connectivity index (χ3v) is 23.8. The summed E-state index contributed by atoms with van der Waals surface area (Å²) in [6.45, 7) is 36.3. The van der Waals surface area contributed by atoms with Gasteiger partial charge in [-0.3, -0.25) is 47.9 Å². The highest BCUT2D eigenvalue weighted by Gasteiger charge is 2.59.